The number of amides is 1. The van der Waals surface area contributed by atoms with Gasteiger partial charge in [0.05, 0.1) is 17.6 Å². The number of aromatic nitrogens is 5. The van der Waals surface area contributed by atoms with Crippen molar-refractivity contribution in [3.8, 4) is 11.4 Å². The summed E-state index contributed by atoms with van der Waals surface area (Å²) in [4.78, 5) is 27.5. The van der Waals surface area contributed by atoms with Crippen molar-refractivity contribution in [3.05, 3.63) is 30.7 Å². The molecule has 1 aliphatic heterocycles. The van der Waals surface area contributed by atoms with Crippen molar-refractivity contribution < 1.29 is 4.79 Å². The Morgan fingerprint density at radius 1 is 1.27 bits per heavy atom. The van der Waals surface area contributed by atoms with Gasteiger partial charge in [-0.3, -0.25) is 14.5 Å². The van der Waals surface area contributed by atoms with Crippen LogP contribution in [0.4, 0.5) is 5.82 Å². The maximum Gasteiger partial charge on any atom is 0.224 e. The van der Waals surface area contributed by atoms with E-state index in [1.54, 1.807) is 23.3 Å². The van der Waals surface area contributed by atoms with E-state index in [0.717, 1.165) is 29.6 Å². The van der Waals surface area contributed by atoms with Crippen LogP contribution in [-0.2, 0) is 11.8 Å². The van der Waals surface area contributed by atoms with Crippen LogP contribution in [0, 0.1) is 0 Å². The van der Waals surface area contributed by atoms with Crippen LogP contribution in [0.15, 0.2) is 30.7 Å². The third kappa shape index (κ3) is 2.98. The fourth-order valence-electron chi connectivity index (χ4n) is 3.31. The molecule has 26 heavy (non-hydrogen) atoms. The van der Waals surface area contributed by atoms with E-state index in [0.29, 0.717) is 24.6 Å². The number of anilines is 1. The van der Waals surface area contributed by atoms with E-state index in [1.807, 2.05) is 24.1 Å². The van der Waals surface area contributed by atoms with Gasteiger partial charge in [0, 0.05) is 44.5 Å². The molecule has 3 aromatic rings. The van der Waals surface area contributed by atoms with Crippen molar-refractivity contribution in [3.63, 3.8) is 0 Å². The molecule has 1 atom stereocenters. The summed E-state index contributed by atoms with van der Waals surface area (Å²) in [5.41, 5.74) is 1.64. The molecule has 0 saturated carbocycles. The second kappa shape index (κ2) is 6.70. The maximum absolute atomic E-state index is 12.2. The standard InChI is InChI=1S/C18H21N7O/c1-3-8-25-11-13(9-15(25)26)21-17-14-10-20-24(2)18(14)23-16(22-17)12-4-6-19-7-5-12/h4-7,10,13H,3,8-9,11H2,1-2H3,(H,21,22,23). The molecule has 134 valence electrons. The minimum absolute atomic E-state index is 0.0395. The molecule has 0 radical (unpaired) electrons. The van der Waals surface area contributed by atoms with Gasteiger partial charge < -0.3 is 10.2 Å². The largest absolute Gasteiger partial charge is 0.364 e. The predicted molar refractivity (Wildman–Crippen MR) is 98.4 cm³/mol. The molecule has 1 unspecified atom stereocenters. The van der Waals surface area contributed by atoms with Gasteiger partial charge >= 0.3 is 0 Å². The summed E-state index contributed by atoms with van der Waals surface area (Å²) in [6.45, 7) is 3.58. The molecule has 8 heteroatoms. The molecule has 1 fully saturated rings. The number of aryl methyl sites for hydroxylation is 1. The monoisotopic (exact) mass is 351 g/mol. The van der Waals surface area contributed by atoms with Gasteiger partial charge in [-0.05, 0) is 18.6 Å². The third-order valence-corrected chi connectivity index (χ3v) is 4.58. The van der Waals surface area contributed by atoms with Crippen LogP contribution in [0.25, 0.3) is 22.4 Å². The van der Waals surface area contributed by atoms with E-state index in [4.69, 9.17) is 4.98 Å². The molecular weight excluding hydrogens is 330 g/mol. The maximum atomic E-state index is 12.2. The Balaban J connectivity index is 1.69. The van der Waals surface area contributed by atoms with Crippen LogP contribution >= 0.6 is 0 Å². The van der Waals surface area contributed by atoms with E-state index in [-0.39, 0.29) is 11.9 Å². The number of hydrogen-bond acceptors (Lipinski definition) is 6. The fourth-order valence-corrected chi connectivity index (χ4v) is 3.31. The highest BCUT2D eigenvalue weighted by molar-refractivity contribution is 5.89. The molecule has 1 amide bonds. The summed E-state index contributed by atoms with van der Waals surface area (Å²) >= 11 is 0. The number of rotatable bonds is 5. The Morgan fingerprint density at radius 2 is 2.08 bits per heavy atom. The van der Waals surface area contributed by atoms with Crippen molar-refractivity contribution in [1.82, 2.24) is 29.6 Å². The lowest BCUT2D eigenvalue weighted by molar-refractivity contribution is -0.127. The zero-order chi connectivity index (χ0) is 18.1. The molecule has 0 aromatic carbocycles. The molecule has 1 saturated heterocycles. The number of hydrogen-bond donors (Lipinski definition) is 1. The molecule has 3 aromatic heterocycles. The van der Waals surface area contributed by atoms with Crippen molar-refractivity contribution in [2.75, 3.05) is 18.4 Å². The quantitative estimate of drug-likeness (QED) is 0.755. The molecule has 0 aliphatic carbocycles. The van der Waals surface area contributed by atoms with Gasteiger partial charge in [0.25, 0.3) is 0 Å². The van der Waals surface area contributed by atoms with Crippen LogP contribution < -0.4 is 5.32 Å². The average molecular weight is 351 g/mol. The van der Waals surface area contributed by atoms with E-state index in [9.17, 15) is 4.79 Å². The number of carbonyl (C=O) groups excluding carboxylic acids is 1. The van der Waals surface area contributed by atoms with E-state index < -0.39 is 0 Å². The SMILES string of the molecule is CCCN1CC(Nc2nc(-c3ccncc3)nc3c2cnn3C)CC1=O. The molecule has 0 bridgehead atoms. The lowest BCUT2D eigenvalue weighted by Crippen LogP contribution is -2.28. The van der Waals surface area contributed by atoms with Crippen LogP contribution in [0.1, 0.15) is 19.8 Å². The molecular formula is C18H21N7O. The fraction of sp³-hybridized carbons (Fsp3) is 0.389. The first kappa shape index (κ1) is 16.4. The minimum atomic E-state index is 0.0395. The smallest absolute Gasteiger partial charge is 0.224 e. The Labute approximate surface area is 151 Å². The molecule has 1 aliphatic rings. The molecule has 0 spiro atoms. The number of carbonyl (C=O) groups is 1. The third-order valence-electron chi connectivity index (χ3n) is 4.58. The number of likely N-dealkylation sites (tertiary alicyclic amines) is 1. The van der Waals surface area contributed by atoms with Crippen LogP contribution in [0.5, 0.6) is 0 Å². The van der Waals surface area contributed by atoms with Crippen molar-refractivity contribution in [1.29, 1.82) is 0 Å². The molecule has 4 rings (SSSR count). The second-order valence-corrected chi connectivity index (χ2v) is 6.52. The highest BCUT2D eigenvalue weighted by Gasteiger charge is 2.29. The Bertz CT molecular complexity index is 937. The highest BCUT2D eigenvalue weighted by Crippen LogP contribution is 2.26. The normalized spacial score (nSPS) is 17.2. The molecule has 8 nitrogen and oxygen atoms in total. The predicted octanol–water partition coefficient (Wildman–Crippen LogP) is 1.85. The van der Waals surface area contributed by atoms with Crippen molar-refractivity contribution in [2.45, 2.75) is 25.8 Å². The average Bonchev–Trinajstić information content (AvgIpc) is 3.19. The Kier molecular flexibility index (Phi) is 4.24. The first-order valence-electron chi connectivity index (χ1n) is 8.80. The van der Waals surface area contributed by atoms with Gasteiger partial charge in [0.1, 0.15) is 5.82 Å². The lowest BCUT2D eigenvalue weighted by Gasteiger charge is -2.17. The van der Waals surface area contributed by atoms with Gasteiger partial charge in [-0.15, -0.1) is 0 Å². The van der Waals surface area contributed by atoms with Gasteiger partial charge in [-0.2, -0.15) is 5.10 Å². The number of fused-ring (bicyclic) bond motifs is 1. The topological polar surface area (TPSA) is 88.8 Å². The highest BCUT2D eigenvalue weighted by atomic mass is 16.2. The molecule has 4 heterocycles. The first-order chi connectivity index (χ1) is 12.7. The summed E-state index contributed by atoms with van der Waals surface area (Å²) in [5, 5.41) is 8.61. The zero-order valence-corrected chi connectivity index (χ0v) is 14.9. The van der Waals surface area contributed by atoms with Gasteiger partial charge in [0.2, 0.25) is 5.91 Å². The van der Waals surface area contributed by atoms with Crippen LogP contribution in [0.3, 0.4) is 0 Å². The summed E-state index contributed by atoms with van der Waals surface area (Å²) in [6.07, 6.45) is 6.64. The summed E-state index contributed by atoms with van der Waals surface area (Å²) < 4.78 is 1.73. The van der Waals surface area contributed by atoms with Crippen LogP contribution in [-0.4, -0.2) is 54.7 Å². The summed E-state index contributed by atoms with van der Waals surface area (Å²) in [6, 6.07) is 3.80. The first-order valence-corrected chi connectivity index (χ1v) is 8.80. The van der Waals surface area contributed by atoms with E-state index >= 15 is 0 Å². The molecule has 1 N–H and O–H groups in total. The zero-order valence-electron chi connectivity index (χ0n) is 14.9. The van der Waals surface area contributed by atoms with E-state index in [1.165, 1.54) is 0 Å². The summed E-state index contributed by atoms with van der Waals surface area (Å²) in [5.74, 6) is 1.52. The van der Waals surface area contributed by atoms with Gasteiger partial charge in [-0.25, -0.2) is 9.97 Å². The lowest BCUT2D eigenvalue weighted by atomic mass is 10.2. The Morgan fingerprint density at radius 3 is 2.85 bits per heavy atom. The summed E-state index contributed by atoms with van der Waals surface area (Å²) in [7, 11) is 1.86. The van der Waals surface area contributed by atoms with Gasteiger partial charge in [0.15, 0.2) is 11.5 Å². The number of pyridine rings is 1. The van der Waals surface area contributed by atoms with Gasteiger partial charge in [-0.1, -0.05) is 6.92 Å². The van der Waals surface area contributed by atoms with Crippen LogP contribution in [0.2, 0.25) is 0 Å². The Hall–Kier alpha value is -3.03. The van der Waals surface area contributed by atoms with E-state index in [2.05, 4.69) is 27.3 Å². The number of nitrogens with zero attached hydrogens (tertiary/aromatic N) is 6. The van der Waals surface area contributed by atoms with Crippen molar-refractivity contribution >= 4 is 22.8 Å². The minimum Gasteiger partial charge on any atom is -0.364 e. The van der Waals surface area contributed by atoms with Crippen molar-refractivity contribution in [2.24, 2.45) is 7.05 Å². The number of nitrogens with one attached hydrogen (secondary N) is 1. The second-order valence-electron chi connectivity index (χ2n) is 6.52.